The Bertz CT molecular complexity index is 277. The van der Waals surface area contributed by atoms with E-state index in [9.17, 15) is 0 Å². The zero-order valence-electron chi connectivity index (χ0n) is 8.50. The lowest BCUT2D eigenvalue weighted by atomic mass is 10.2. The first-order valence-corrected chi connectivity index (χ1v) is 4.75. The second kappa shape index (κ2) is 3.97. The van der Waals surface area contributed by atoms with Gasteiger partial charge in [-0.25, -0.2) is 4.98 Å². The molecule has 1 rings (SSSR count). The van der Waals surface area contributed by atoms with Gasteiger partial charge in [0.1, 0.15) is 11.0 Å². The monoisotopic (exact) mass is 198 g/mol. The Balaban J connectivity index is 3.01. The largest absolute Gasteiger partial charge is 0.357 e. The number of anilines is 1. The van der Waals surface area contributed by atoms with Crippen LogP contribution < -0.4 is 4.90 Å². The second-order valence-corrected chi connectivity index (χ2v) is 3.92. The highest BCUT2D eigenvalue weighted by Gasteiger charge is 2.07. The zero-order chi connectivity index (χ0) is 10.0. The lowest BCUT2D eigenvalue weighted by Crippen LogP contribution is -2.26. The third kappa shape index (κ3) is 2.59. The molecule has 0 spiro atoms. The first-order chi connectivity index (χ1) is 6.00. The number of rotatable bonds is 2. The van der Waals surface area contributed by atoms with Gasteiger partial charge in [-0.1, -0.05) is 11.6 Å². The standard InChI is InChI=1S/C10H15ClN2/c1-7(2)13(4)10-6-8(3)5-9(11)12-10/h5-7H,1-4H3. The average molecular weight is 199 g/mol. The summed E-state index contributed by atoms with van der Waals surface area (Å²) < 4.78 is 0. The van der Waals surface area contributed by atoms with Crippen LogP contribution in [0.4, 0.5) is 5.82 Å². The molecule has 0 saturated carbocycles. The topological polar surface area (TPSA) is 16.1 Å². The summed E-state index contributed by atoms with van der Waals surface area (Å²) in [4.78, 5) is 6.34. The summed E-state index contributed by atoms with van der Waals surface area (Å²) in [5.74, 6) is 0.931. The van der Waals surface area contributed by atoms with Crippen molar-refractivity contribution in [1.29, 1.82) is 0 Å². The highest BCUT2D eigenvalue weighted by molar-refractivity contribution is 6.29. The fourth-order valence-corrected chi connectivity index (χ4v) is 1.31. The zero-order valence-corrected chi connectivity index (χ0v) is 9.26. The second-order valence-electron chi connectivity index (χ2n) is 3.53. The Hall–Kier alpha value is -0.760. The summed E-state index contributed by atoms with van der Waals surface area (Å²) in [7, 11) is 2.02. The summed E-state index contributed by atoms with van der Waals surface area (Å²) in [5.41, 5.74) is 1.14. The van der Waals surface area contributed by atoms with Crippen molar-refractivity contribution in [2.45, 2.75) is 26.8 Å². The molecule has 0 N–H and O–H groups in total. The number of aryl methyl sites for hydroxylation is 1. The van der Waals surface area contributed by atoms with E-state index in [2.05, 4.69) is 23.7 Å². The van der Waals surface area contributed by atoms with E-state index in [1.807, 2.05) is 26.1 Å². The molecule has 0 unspecified atom stereocenters. The third-order valence-electron chi connectivity index (χ3n) is 2.06. The number of nitrogens with zero attached hydrogens (tertiary/aromatic N) is 2. The van der Waals surface area contributed by atoms with Crippen molar-refractivity contribution < 1.29 is 0 Å². The number of aromatic nitrogens is 1. The van der Waals surface area contributed by atoms with Crippen LogP contribution in [0, 0.1) is 6.92 Å². The van der Waals surface area contributed by atoms with Crippen molar-refractivity contribution in [2.24, 2.45) is 0 Å². The van der Waals surface area contributed by atoms with Crippen molar-refractivity contribution in [1.82, 2.24) is 4.98 Å². The number of hydrogen-bond donors (Lipinski definition) is 0. The molecule has 0 radical (unpaired) electrons. The molecular formula is C10H15ClN2. The van der Waals surface area contributed by atoms with E-state index in [-0.39, 0.29) is 0 Å². The fourth-order valence-electron chi connectivity index (χ4n) is 1.05. The van der Waals surface area contributed by atoms with Gasteiger partial charge in [-0.3, -0.25) is 0 Å². The molecule has 1 aromatic rings. The molecule has 0 aromatic carbocycles. The average Bonchev–Trinajstić information content (AvgIpc) is 2.01. The van der Waals surface area contributed by atoms with Crippen LogP contribution in [0.25, 0.3) is 0 Å². The van der Waals surface area contributed by atoms with Gasteiger partial charge in [0, 0.05) is 13.1 Å². The Morgan fingerprint density at radius 3 is 2.46 bits per heavy atom. The van der Waals surface area contributed by atoms with E-state index < -0.39 is 0 Å². The summed E-state index contributed by atoms with van der Waals surface area (Å²) in [6.07, 6.45) is 0. The Morgan fingerprint density at radius 2 is 2.00 bits per heavy atom. The van der Waals surface area contributed by atoms with E-state index in [1.54, 1.807) is 0 Å². The van der Waals surface area contributed by atoms with Crippen LogP contribution in [-0.4, -0.2) is 18.1 Å². The van der Waals surface area contributed by atoms with Crippen LogP contribution in [0.1, 0.15) is 19.4 Å². The van der Waals surface area contributed by atoms with E-state index >= 15 is 0 Å². The first-order valence-electron chi connectivity index (χ1n) is 4.37. The first kappa shape index (κ1) is 10.3. The number of pyridine rings is 1. The quantitative estimate of drug-likeness (QED) is 0.680. The molecule has 0 aliphatic carbocycles. The maximum absolute atomic E-state index is 5.86. The smallest absolute Gasteiger partial charge is 0.131 e. The summed E-state index contributed by atoms with van der Waals surface area (Å²) >= 11 is 5.86. The third-order valence-corrected chi connectivity index (χ3v) is 2.25. The SMILES string of the molecule is Cc1cc(Cl)nc(N(C)C(C)C)c1. The lowest BCUT2D eigenvalue weighted by Gasteiger charge is -2.22. The van der Waals surface area contributed by atoms with Crippen molar-refractivity contribution in [3.8, 4) is 0 Å². The predicted octanol–water partition coefficient (Wildman–Crippen LogP) is 2.89. The van der Waals surface area contributed by atoms with E-state index in [0.29, 0.717) is 11.2 Å². The molecule has 0 fully saturated rings. The van der Waals surface area contributed by atoms with Gasteiger partial charge in [-0.05, 0) is 38.5 Å². The minimum atomic E-state index is 0.436. The van der Waals surface area contributed by atoms with Crippen molar-refractivity contribution in [2.75, 3.05) is 11.9 Å². The fraction of sp³-hybridized carbons (Fsp3) is 0.500. The van der Waals surface area contributed by atoms with Gasteiger partial charge in [-0.15, -0.1) is 0 Å². The van der Waals surface area contributed by atoms with Gasteiger partial charge in [0.15, 0.2) is 0 Å². The van der Waals surface area contributed by atoms with Crippen LogP contribution >= 0.6 is 11.6 Å². The molecule has 0 aliphatic rings. The molecule has 0 bridgehead atoms. The summed E-state index contributed by atoms with van der Waals surface area (Å²) in [5, 5.41) is 0.558. The molecule has 0 atom stereocenters. The molecule has 0 amide bonds. The maximum Gasteiger partial charge on any atom is 0.131 e. The van der Waals surface area contributed by atoms with Gasteiger partial charge in [0.25, 0.3) is 0 Å². The van der Waals surface area contributed by atoms with Gasteiger partial charge in [-0.2, -0.15) is 0 Å². The Labute approximate surface area is 84.5 Å². The molecule has 0 aliphatic heterocycles. The molecule has 1 heterocycles. The van der Waals surface area contributed by atoms with E-state index in [0.717, 1.165) is 11.4 Å². The molecule has 13 heavy (non-hydrogen) atoms. The normalized spacial score (nSPS) is 10.6. The maximum atomic E-state index is 5.86. The number of halogens is 1. The highest BCUT2D eigenvalue weighted by atomic mass is 35.5. The Morgan fingerprint density at radius 1 is 1.38 bits per heavy atom. The molecule has 3 heteroatoms. The van der Waals surface area contributed by atoms with Gasteiger partial charge >= 0.3 is 0 Å². The van der Waals surface area contributed by atoms with Crippen molar-refractivity contribution >= 4 is 17.4 Å². The van der Waals surface area contributed by atoms with Crippen LogP contribution in [0.5, 0.6) is 0 Å². The van der Waals surface area contributed by atoms with E-state index in [1.165, 1.54) is 0 Å². The molecule has 2 nitrogen and oxygen atoms in total. The predicted molar refractivity (Wildman–Crippen MR) is 57.5 cm³/mol. The van der Waals surface area contributed by atoms with Gasteiger partial charge < -0.3 is 4.90 Å². The van der Waals surface area contributed by atoms with Crippen LogP contribution in [0.15, 0.2) is 12.1 Å². The van der Waals surface area contributed by atoms with Crippen molar-refractivity contribution in [3.05, 3.63) is 22.8 Å². The van der Waals surface area contributed by atoms with Crippen molar-refractivity contribution in [3.63, 3.8) is 0 Å². The highest BCUT2D eigenvalue weighted by Crippen LogP contribution is 2.17. The Kier molecular flexibility index (Phi) is 3.15. The van der Waals surface area contributed by atoms with Crippen LogP contribution in [0.3, 0.4) is 0 Å². The minimum Gasteiger partial charge on any atom is -0.357 e. The molecule has 72 valence electrons. The minimum absolute atomic E-state index is 0.436. The van der Waals surface area contributed by atoms with Crippen LogP contribution in [0.2, 0.25) is 5.15 Å². The molecule has 0 saturated heterocycles. The van der Waals surface area contributed by atoms with Gasteiger partial charge in [0.05, 0.1) is 0 Å². The summed E-state index contributed by atoms with van der Waals surface area (Å²) in [6.45, 7) is 6.26. The molecular weight excluding hydrogens is 184 g/mol. The lowest BCUT2D eigenvalue weighted by molar-refractivity contribution is 0.743. The van der Waals surface area contributed by atoms with E-state index in [4.69, 9.17) is 11.6 Å². The number of hydrogen-bond acceptors (Lipinski definition) is 2. The molecule has 1 aromatic heterocycles. The van der Waals surface area contributed by atoms with Crippen LogP contribution in [-0.2, 0) is 0 Å². The van der Waals surface area contributed by atoms with Gasteiger partial charge in [0.2, 0.25) is 0 Å². The summed E-state index contributed by atoms with van der Waals surface area (Å²) in [6, 6.07) is 4.33.